The van der Waals surface area contributed by atoms with Gasteiger partial charge in [-0.1, -0.05) is 13.8 Å². The van der Waals surface area contributed by atoms with Gasteiger partial charge in [-0.2, -0.15) is 11.8 Å². The van der Waals surface area contributed by atoms with E-state index in [1.807, 2.05) is 11.8 Å². The third-order valence-electron chi connectivity index (χ3n) is 3.39. The van der Waals surface area contributed by atoms with Gasteiger partial charge in [0, 0.05) is 12.6 Å². The third kappa shape index (κ3) is 7.32. The monoisotopic (exact) mass is 258 g/mol. The van der Waals surface area contributed by atoms with Gasteiger partial charge < -0.3 is 10.2 Å². The van der Waals surface area contributed by atoms with Crippen molar-refractivity contribution in [3.8, 4) is 0 Å². The molecule has 1 heterocycles. The molecule has 1 aliphatic rings. The molecule has 17 heavy (non-hydrogen) atoms. The highest BCUT2D eigenvalue weighted by molar-refractivity contribution is 7.98. The van der Waals surface area contributed by atoms with Gasteiger partial charge in [0.05, 0.1) is 0 Å². The summed E-state index contributed by atoms with van der Waals surface area (Å²) in [6.45, 7) is 9.72. The molecule has 0 saturated carbocycles. The fourth-order valence-electron chi connectivity index (χ4n) is 2.59. The normalized spacial score (nSPS) is 22.9. The van der Waals surface area contributed by atoms with Crippen LogP contribution in [0.4, 0.5) is 0 Å². The maximum Gasteiger partial charge on any atom is 0.0197 e. The second kappa shape index (κ2) is 9.23. The lowest BCUT2D eigenvalue weighted by Gasteiger charge is -2.25. The van der Waals surface area contributed by atoms with Crippen molar-refractivity contribution in [1.82, 2.24) is 10.2 Å². The molecule has 1 aliphatic heterocycles. The van der Waals surface area contributed by atoms with E-state index in [4.69, 9.17) is 0 Å². The van der Waals surface area contributed by atoms with Crippen molar-refractivity contribution in [1.29, 1.82) is 0 Å². The average molecular weight is 258 g/mol. The van der Waals surface area contributed by atoms with Crippen LogP contribution < -0.4 is 5.32 Å². The van der Waals surface area contributed by atoms with E-state index in [-0.39, 0.29) is 0 Å². The maximum atomic E-state index is 3.70. The summed E-state index contributed by atoms with van der Waals surface area (Å²) in [6, 6.07) is 0.720. The van der Waals surface area contributed by atoms with E-state index in [1.54, 1.807) is 0 Å². The van der Waals surface area contributed by atoms with E-state index in [1.165, 1.54) is 57.6 Å². The number of thioether (sulfide) groups is 1. The summed E-state index contributed by atoms with van der Waals surface area (Å²) in [5.74, 6) is 2.13. The maximum absolute atomic E-state index is 3.70. The molecule has 1 unspecified atom stereocenters. The van der Waals surface area contributed by atoms with Crippen LogP contribution in [0.15, 0.2) is 0 Å². The standard InChI is InChI=1S/C14H30N2S/c1-13(2)11-14-12-16(9-6-7-15-14)8-4-5-10-17-3/h13-15H,4-12H2,1-3H3. The lowest BCUT2D eigenvalue weighted by molar-refractivity contribution is 0.252. The number of nitrogens with one attached hydrogen (secondary N) is 1. The summed E-state index contributed by atoms with van der Waals surface area (Å²) >= 11 is 1.97. The first-order valence-electron chi connectivity index (χ1n) is 7.17. The minimum Gasteiger partial charge on any atom is -0.313 e. The summed E-state index contributed by atoms with van der Waals surface area (Å²) in [7, 11) is 0. The van der Waals surface area contributed by atoms with Crippen molar-refractivity contribution in [2.24, 2.45) is 5.92 Å². The zero-order valence-electron chi connectivity index (χ0n) is 11.9. The number of hydrogen-bond acceptors (Lipinski definition) is 3. The van der Waals surface area contributed by atoms with Gasteiger partial charge in [0.25, 0.3) is 0 Å². The van der Waals surface area contributed by atoms with Gasteiger partial charge in [0.1, 0.15) is 0 Å². The molecule has 1 fully saturated rings. The molecule has 2 nitrogen and oxygen atoms in total. The predicted octanol–water partition coefficient (Wildman–Crippen LogP) is 2.84. The summed E-state index contributed by atoms with van der Waals surface area (Å²) in [5.41, 5.74) is 0. The lowest BCUT2D eigenvalue weighted by atomic mass is 10.0. The number of hydrogen-bond donors (Lipinski definition) is 1. The fraction of sp³-hybridized carbons (Fsp3) is 1.00. The zero-order valence-corrected chi connectivity index (χ0v) is 12.7. The SMILES string of the molecule is CSCCCCN1CCCNC(CC(C)C)C1. The average Bonchev–Trinajstić information content (AvgIpc) is 2.49. The molecule has 1 N–H and O–H groups in total. The van der Waals surface area contributed by atoms with Crippen LogP contribution in [0, 0.1) is 5.92 Å². The molecule has 102 valence electrons. The Kier molecular flexibility index (Phi) is 8.33. The zero-order chi connectivity index (χ0) is 12.5. The summed E-state index contributed by atoms with van der Waals surface area (Å²) < 4.78 is 0. The van der Waals surface area contributed by atoms with E-state index in [9.17, 15) is 0 Å². The van der Waals surface area contributed by atoms with Crippen LogP contribution in [-0.2, 0) is 0 Å². The van der Waals surface area contributed by atoms with Crippen LogP contribution in [0.5, 0.6) is 0 Å². The molecule has 0 aromatic heterocycles. The van der Waals surface area contributed by atoms with Gasteiger partial charge in [0.2, 0.25) is 0 Å². The first kappa shape index (κ1) is 15.3. The van der Waals surface area contributed by atoms with Crippen LogP contribution in [0.25, 0.3) is 0 Å². The van der Waals surface area contributed by atoms with E-state index in [0.717, 1.165) is 12.0 Å². The Balaban J connectivity index is 2.22. The Bertz CT molecular complexity index is 185. The molecule has 1 rings (SSSR count). The van der Waals surface area contributed by atoms with Crippen molar-refractivity contribution >= 4 is 11.8 Å². The largest absolute Gasteiger partial charge is 0.313 e. The topological polar surface area (TPSA) is 15.3 Å². The molecule has 1 atom stereocenters. The minimum atomic E-state index is 0.720. The Morgan fingerprint density at radius 1 is 1.35 bits per heavy atom. The van der Waals surface area contributed by atoms with Crippen molar-refractivity contribution in [3.05, 3.63) is 0 Å². The highest BCUT2D eigenvalue weighted by Crippen LogP contribution is 2.11. The molecular formula is C14H30N2S. The Labute approximate surface area is 112 Å². The van der Waals surface area contributed by atoms with Crippen LogP contribution in [0.1, 0.15) is 39.5 Å². The lowest BCUT2D eigenvalue weighted by Crippen LogP contribution is -2.38. The molecule has 0 aromatic rings. The molecule has 0 aromatic carbocycles. The van der Waals surface area contributed by atoms with Crippen molar-refractivity contribution in [2.45, 2.75) is 45.6 Å². The smallest absolute Gasteiger partial charge is 0.0197 e. The predicted molar refractivity (Wildman–Crippen MR) is 79.9 cm³/mol. The number of nitrogens with zero attached hydrogens (tertiary/aromatic N) is 1. The van der Waals surface area contributed by atoms with Crippen molar-refractivity contribution in [3.63, 3.8) is 0 Å². The molecule has 0 aliphatic carbocycles. The van der Waals surface area contributed by atoms with Gasteiger partial charge in [-0.05, 0) is 63.2 Å². The molecule has 0 spiro atoms. The quantitative estimate of drug-likeness (QED) is 0.707. The van der Waals surface area contributed by atoms with Gasteiger partial charge in [-0.15, -0.1) is 0 Å². The fourth-order valence-corrected chi connectivity index (χ4v) is 3.08. The first-order chi connectivity index (χ1) is 8.22. The van der Waals surface area contributed by atoms with E-state index >= 15 is 0 Å². The Morgan fingerprint density at radius 2 is 2.18 bits per heavy atom. The Hall–Kier alpha value is 0.270. The summed E-state index contributed by atoms with van der Waals surface area (Å²) in [4.78, 5) is 2.67. The van der Waals surface area contributed by atoms with Gasteiger partial charge >= 0.3 is 0 Å². The molecule has 0 amide bonds. The number of unbranched alkanes of at least 4 members (excludes halogenated alkanes) is 1. The highest BCUT2D eigenvalue weighted by atomic mass is 32.2. The van der Waals surface area contributed by atoms with Crippen LogP contribution in [0.2, 0.25) is 0 Å². The Morgan fingerprint density at radius 3 is 2.88 bits per heavy atom. The van der Waals surface area contributed by atoms with E-state index in [2.05, 4.69) is 30.3 Å². The molecule has 1 saturated heterocycles. The van der Waals surface area contributed by atoms with Crippen LogP contribution in [0.3, 0.4) is 0 Å². The van der Waals surface area contributed by atoms with E-state index in [0.29, 0.717) is 0 Å². The molecule has 0 radical (unpaired) electrons. The van der Waals surface area contributed by atoms with Crippen LogP contribution in [-0.4, -0.2) is 49.1 Å². The summed E-state index contributed by atoms with van der Waals surface area (Å²) in [5, 5.41) is 3.70. The first-order valence-corrected chi connectivity index (χ1v) is 8.56. The van der Waals surface area contributed by atoms with Crippen molar-refractivity contribution < 1.29 is 0 Å². The summed E-state index contributed by atoms with van der Waals surface area (Å²) in [6.07, 6.45) is 7.59. The van der Waals surface area contributed by atoms with Gasteiger partial charge in [-0.3, -0.25) is 0 Å². The third-order valence-corrected chi connectivity index (χ3v) is 4.09. The number of rotatable bonds is 7. The second-order valence-corrected chi connectivity index (χ2v) is 6.62. The van der Waals surface area contributed by atoms with Gasteiger partial charge in [0.15, 0.2) is 0 Å². The van der Waals surface area contributed by atoms with E-state index < -0.39 is 0 Å². The van der Waals surface area contributed by atoms with Crippen molar-refractivity contribution in [2.75, 3.05) is 38.2 Å². The molecule has 3 heteroatoms. The molecule has 0 bridgehead atoms. The highest BCUT2D eigenvalue weighted by Gasteiger charge is 2.17. The second-order valence-electron chi connectivity index (χ2n) is 5.63. The minimum absolute atomic E-state index is 0.720. The van der Waals surface area contributed by atoms with Crippen LogP contribution >= 0.6 is 11.8 Å². The molecular weight excluding hydrogens is 228 g/mol. The van der Waals surface area contributed by atoms with Gasteiger partial charge in [-0.25, -0.2) is 0 Å².